The van der Waals surface area contributed by atoms with Crippen molar-refractivity contribution in [2.24, 2.45) is 5.16 Å². The number of nitrogens with zero attached hydrogens (tertiary/aromatic N) is 2. The number of halogens is 2. The Bertz CT molecular complexity index is 1100. The van der Waals surface area contributed by atoms with Gasteiger partial charge in [0.1, 0.15) is 11.9 Å². The van der Waals surface area contributed by atoms with Crippen molar-refractivity contribution in [3.8, 4) is 0 Å². The van der Waals surface area contributed by atoms with Crippen molar-refractivity contribution < 1.29 is 19.1 Å². The van der Waals surface area contributed by atoms with E-state index in [9.17, 15) is 9.50 Å². The molecule has 3 aromatic carbocycles. The van der Waals surface area contributed by atoms with E-state index in [0.29, 0.717) is 49.0 Å². The molecule has 1 N–H and O–H groups in total. The molecule has 7 heteroatoms. The first kappa shape index (κ1) is 24.4. The first-order chi connectivity index (χ1) is 16.6. The van der Waals surface area contributed by atoms with E-state index in [2.05, 4.69) is 10.1 Å². The Morgan fingerprint density at radius 2 is 1.82 bits per heavy atom. The van der Waals surface area contributed by atoms with Crippen molar-refractivity contribution in [3.63, 3.8) is 0 Å². The predicted molar refractivity (Wildman–Crippen MR) is 131 cm³/mol. The van der Waals surface area contributed by atoms with Crippen LogP contribution in [0, 0.1) is 5.82 Å². The number of hydrogen-bond acceptors (Lipinski definition) is 5. The molecule has 2 unspecified atom stereocenters. The number of oxime groups is 1. The van der Waals surface area contributed by atoms with Crippen molar-refractivity contribution >= 4 is 17.3 Å². The normalized spacial score (nSPS) is 16.4. The largest absolute Gasteiger partial charge is 0.390 e. The zero-order valence-electron chi connectivity index (χ0n) is 18.8. The highest BCUT2D eigenvalue weighted by Gasteiger charge is 2.27. The summed E-state index contributed by atoms with van der Waals surface area (Å²) in [5.41, 5.74) is 3.14. The van der Waals surface area contributed by atoms with Crippen LogP contribution >= 0.6 is 11.6 Å². The topological polar surface area (TPSA) is 54.3 Å². The highest BCUT2D eigenvalue weighted by Crippen LogP contribution is 2.21. The van der Waals surface area contributed by atoms with E-state index in [1.54, 1.807) is 18.2 Å². The molecule has 1 aliphatic heterocycles. The lowest BCUT2D eigenvalue weighted by molar-refractivity contribution is -0.00648. The van der Waals surface area contributed by atoms with Gasteiger partial charge in [-0.15, -0.1) is 0 Å². The Balaban J connectivity index is 1.35. The van der Waals surface area contributed by atoms with E-state index >= 15 is 0 Å². The lowest BCUT2D eigenvalue weighted by Crippen LogP contribution is -2.39. The Morgan fingerprint density at radius 1 is 1.06 bits per heavy atom. The van der Waals surface area contributed by atoms with Crippen LogP contribution in [0.1, 0.15) is 23.1 Å². The van der Waals surface area contributed by atoms with Gasteiger partial charge >= 0.3 is 0 Å². The van der Waals surface area contributed by atoms with Crippen LogP contribution in [0.15, 0.2) is 84.0 Å². The molecule has 0 radical (unpaired) electrons. The molecule has 0 amide bonds. The molecule has 2 atom stereocenters. The molecule has 0 aromatic heterocycles. The van der Waals surface area contributed by atoms with Gasteiger partial charge in [-0.3, -0.25) is 4.90 Å². The SMILES string of the molecule is OC(COCc1ccccc1)CN(Cc1cccc(Cl)c1)CC1CC(c2ccccc2F)=NO1. The van der Waals surface area contributed by atoms with Gasteiger partial charge in [0.15, 0.2) is 0 Å². The van der Waals surface area contributed by atoms with Gasteiger partial charge < -0.3 is 14.7 Å². The van der Waals surface area contributed by atoms with Crippen LogP contribution in [0.3, 0.4) is 0 Å². The first-order valence-corrected chi connectivity index (χ1v) is 11.7. The highest BCUT2D eigenvalue weighted by molar-refractivity contribution is 6.30. The van der Waals surface area contributed by atoms with Crippen molar-refractivity contribution in [3.05, 3.63) is 106 Å². The van der Waals surface area contributed by atoms with Gasteiger partial charge in [-0.1, -0.05) is 77.4 Å². The Labute approximate surface area is 204 Å². The number of benzene rings is 3. The van der Waals surface area contributed by atoms with Gasteiger partial charge in [-0.2, -0.15) is 0 Å². The highest BCUT2D eigenvalue weighted by atomic mass is 35.5. The first-order valence-electron chi connectivity index (χ1n) is 11.3. The fraction of sp³-hybridized carbons (Fsp3) is 0.296. The molecular formula is C27H28ClFN2O3. The average molecular weight is 483 g/mol. The van der Waals surface area contributed by atoms with Crippen LogP contribution in [-0.2, 0) is 22.7 Å². The Hall–Kier alpha value is -2.77. The average Bonchev–Trinajstić information content (AvgIpc) is 3.28. The van der Waals surface area contributed by atoms with Crippen molar-refractivity contribution in [2.75, 3.05) is 19.7 Å². The molecular weight excluding hydrogens is 455 g/mol. The number of ether oxygens (including phenoxy) is 1. The third-order valence-corrected chi connectivity index (χ3v) is 5.80. The number of aliphatic hydroxyl groups excluding tert-OH is 1. The second-order valence-electron chi connectivity index (χ2n) is 8.43. The van der Waals surface area contributed by atoms with E-state index in [0.717, 1.165) is 11.1 Å². The lowest BCUT2D eigenvalue weighted by Gasteiger charge is -2.27. The number of rotatable bonds is 11. The fourth-order valence-electron chi connectivity index (χ4n) is 4.00. The zero-order valence-corrected chi connectivity index (χ0v) is 19.6. The van der Waals surface area contributed by atoms with Crippen LogP contribution < -0.4 is 0 Å². The summed E-state index contributed by atoms with van der Waals surface area (Å²) in [4.78, 5) is 7.72. The molecule has 1 heterocycles. The summed E-state index contributed by atoms with van der Waals surface area (Å²) in [5, 5.41) is 15.4. The van der Waals surface area contributed by atoms with Crippen LogP contribution in [-0.4, -0.2) is 47.6 Å². The summed E-state index contributed by atoms with van der Waals surface area (Å²) in [5.74, 6) is -0.313. The number of aliphatic hydroxyl groups is 1. The molecule has 0 saturated heterocycles. The molecule has 4 rings (SSSR count). The maximum absolute atomic E-state index is 14.2. The maximum Gasteiger partial charge on any atom is 0.145 e. The maximum atomic E-state index is 14.2. The molecule has 0 fully saturated rings. The van der Waals surface area contributed by atoms with Crippen LogP contribution in [0.4, 0.5) is 4.39 Å². The minimum absolute atomic E-state index is 0.212. The summed E-state index contributed by atoms with van der Waals surface area (Å²) >= 11 is 6.17. The van der Waals surface area contributed by atoms with E-state index in [4.69, 9.17) is 21.2 Å². The molecule has 0 bridgehead atoms. The molecule has 178 valence electrons. The fourth-order valence-corrected chi connectivity index (χ4v) is 4.22. The van der Waals surface area contributed by atoms with Gasteiger partial charge in [0.25, 0.3) is 0 Å². The monoisotopic (exact) mass is 482 g/mol. The Kier molecular flexibility index (Phi) is 8.66. The third kappa shape index (κ3) is 7.11. The van der Waals surface area contributed by atoms with Crippen molar-refractivity contribution in [1.82, 2.24) is 4.90 Å². The van der Waals surface area contributed by atoms with Crippen LogP contribution in [0.2, 0.25) is 5.02 Å². The van der Waals surface area contributed by atoms with Gasteiger partial charge in [0.05, 0.1) is 25.0 Å². The molecule has 34 heavy (non-hydrogen) atoms. The smallest absolute Gasteiger partial charge is 0.145 e. The minimum Gasteiger partial charge on any atom is -0.390 e. The second-order valence-corrected chi connectivity index (χ2v) is 8.86. The van der Waals surface area contributed by atoms with Crippen molar-refractivity contribution in [2.45, 2.75) is 31.8 Å². The van der Waals surface area contributed by atoms with Crippen LogP contribution in [0.5, 0.6) is 0 Å². The van der Waals surface area contributed by atoms with E-state index in [1.165, 1.54) is 6.07 Å². The van der Waals surface area contributed by atoms with Gasteiger partial charge in [-0.05, 0) is 29.3 Å². The molecule has 0 aliphatic carbocycles. The van der Waals surface area contributed by atoms with Gasteiger partial charge in [0.2, 0.25) is 0 Å². The summed E-state index contributed by atoms with van der Waals surface area (Å²) in [6.07, 6.45) is -0.435. The minimum atomic E-state index is -0.684. The molecule has 1 aliphatic rings. The summed E-state index contributed by atoms with van der Waals surface area (Å²) in [6, 6.07) is 24.0. The number of hydrogen-bond donors (Lipinski definition) is 1. The van der Waals surface area contributed by atoms with Gasteiger partial charge in [-0.25, -0.2) is 4.39 Å². The predicted octanol–water partition coefficient (Wildman–Crippen LogP) is 5.05. The van der Waals surface area contributed by atoms with Crippen molar-refractivity contribution in [1.29, 1.82) is 0 Å². The third-order valence-electron chi connectivity index (χ3n) is 5.57. The summed E-state index contributed by atoms with van der Waals surface area (Å²) in [6.45, 7) is 2.13. The standard InChI is InChI=1S/C27H28ClFN2O3/c28-22-10-6-9-21(13-22)15-31(16-23(32)19-33-18-20-7-2-1-3-8-20)17-24-14-27(30-34-24)25-11-4-5-12-26(25)29/h1-13,23-24,32H,14-19H2. The molecule has 3 aromatic rings. The molecule has 0 spiro atoms. The quantitative estimate of drug-likeness (QED) is 0.415. The van der Waals surface area contributed by atoms with Gasteiger partial charge in [0, 0.05) is 36.6 Å². The lowest BCUT2D eigenvalue weighted by atomic mass is 10.0. The van der Waals surface area contributed by atoms with E-state index in [1.807, 2.05) is 54.6 Å². The summed E-state index contributed by atoms with van der Waals surface area (Å²) in [7, 11) is 0. The summed E-state index contributed by atoms with van der Waals surface area (Å²) < 4.78 is 19.9. The molecule has 0 saturated carbocycles. The van der Waals surface area contributed by atoms with Crippen LogP contribution in [0.25, 0.3) is 0 Å². The van der Waals surface area contributed by atoms with E-state index < -0.39 is 6.10 Å². The second kappa shape index (κ2) is 12.1. The van der Waals surface area contributed by atoms with E-state index in [-0.39, 0.29) is 18.5 Å². The molecule has 5 nitrogen and oxygen atoms in total. The zero-order chi connectivity index (χ0) is 23.8. The Morgan fingerprint density at radius 3 is 2.62 bits per heavy atom.